The summed E-state index contributed by atoms with van der Waals surface area (Å²) in [6.45, 7) is 0.342. The highest BCUT2D eigenvalue weighted by Gasteiger charge is 2.38. The Bertz CT molecular complexity index is 882. The average molecular weight is 441 g/mol. The topological polar surface area (TPSA) is 101 Å². The fourth-order valence-corrected chi connectivity index (χ4v) is 4.53. The van der Waals surface area contributed by atoms with Gasteiger partial charge in [0.15, 0.2) is 0 Å². The summed E-state index contributed by atoms with van der Waals surface area (Å²) >= 11 is 0.986. The lowest BCUT2D eigenvalue weighted by Crippen LogP contribution is -2.51. The molecule has 0 bridgehead atoms. The van der Waals surface area contributed by atoms with Gasteiger partial charge in [-0.15, -0.1) is 11.3 Å². The number of alkyl halides is 1. The van der Waals surface area contributed by atoms with E-state index in [-0.39, 0.29) is 41.1 Å². The van der Waals surface area contributed by atoms with Crippen LogP contribution in [0.15, 0.2) is 23.6 Å². The van der Waals surface area contributed by atoms with Crippen LogP contribution in [-0.2, 0) is 4.74 Å². The van der Waals surface area contributed by atoms with Crippen LogP contribution >= 0.6 is 11.3 Å². The minimum atomic E-state index is -1.22. The van der Waals surface area contributed by atoms with Gasteiger partial charge in [0, 0.05) is 18.0 Å². The van der Waals surface area contributed by atoms with Crippen molar-refractivity contribution in [1.29, 1.82) is 0 Å². The van der Waals surface area contributed by atoms with Gasteiger partial charge in [0.1, 0.15) is 28.5 Å². The predicted octanol–water partition coefficient (Wildman–Crippen LogP) is 1.51. The predicted molar refractivity (Wildman–Crippen MR) is 105 cm³/mol. The number of aromatic nitrogens is 1. The average Bonchev–Trinajstić information content (AvgIpc) is 3.34. The molecule has 2 fully saturated rings. The van der Waals surface area contributed by atoms with Crippen molar-refractivity contribution in [3.63, 3.8) is 0 Å². The monoisotopic (exact) mass is 441 g/mol. The lowest BCUT2D eigenvalue weighted by Gasteiger charge is -2.27. The molecule has 162 valence electrons. The molecule has 5 N–H and O–H groups in total. The largest absolute Gasteiger partial charge is 0.373 e. The number of ether oxygens (including phenoxy) is 1. The molecule has 2 aliphatic rings. The molecule has 5 atom stereocenters. The number of carbonyl (C=O) groups is 1. The number of thiazole rings is 1. The third kappa shape index (κ3) is 4.35. The van der Waals surface area contributed by atoms with E-state index < -0.39 is 29.8 Å². The molecule has 0 saturated carbocycles. The summed E-state index contributed by atoms with van der Waals surface area (Å²) in [4.78, 5) is 16.8. The van der Waals surface area contributed by atoms with Crippen LogP contribution in [0.1, 0.15) is 23.3 Å². The number of amides is 1. The van der Waals surface area contributed by atoms with Gasteiger partial charge >= 0.3 is 0 Å². The third-order valence-electron chi connectivity index (χ3n) is 5.37. The molecular formula is C19H22F3N5O2S. The zero-order chi connectivity index (χ0) is 21.3. The maximum Gasteiger partial charge on any atom is 0.271 e. The second-order valence-corrected chi connectivity index (χ2v) is 8.25. The minimum Gasteiger partial charge on any atom is -0.373 e. The smallest absolute Gasteiger partial charge is 0.271 e. The maximum absolute atomic E-state index is 14.0. The van der Waals surface area contributed by atoms with Crippen LogP contribution in [0.5, 0.6) is 0 Å². The van der Waals surface area contributed by atoms with E-state index in [9.17, 15) is 18.0 Å². The molecule has 3 heterocycles. The number of halogens is 3. The highest BCUT2D eigenvalue weighted by molar-refractivity contribution is 7.13. The Hall–Kier alpha value is -2.05. The number of carbonyl (C=O) groups excluding carboxylic acids is 1. The molecule has 2 unspecified atom stereocenters. The van der Waals surface area contributed by atoms with E-state index in [1.165, 1.54) is 11.4 Å². The number of hydrogen-bond acceptors (Lipinski definition) is 7. The molecule has 0 radical (unpaired) electrons. The number of nitrogens with two attached hydrogens (primary N) is 1. The van der Waals surface area contributed by atoms with Crippen LogP contribution in [-0.4, -0.2) is 54.4 Å². The highest BCUT2D eigenvalue weighted by atomic mass is 32.1. The van der Waals surface area contributed by atoms with Gasteiger partial charge in [-0.2, -0.15) is 0 Å². The van der Waals surface area contributed by atoms with Gasteiger partial charge in [-0.1, -0.05) is 6.07 Å². The van der Waals surface area contributed by atoms with Crippen molar-refractivity contribution in [3.8, 4) is 10.6 Å². The molecule has 1 aromatic heterocycles. The molecule has 1 amide bonds. The summed E-state index contributed by atoms with van der Waals surface area (Å²) in [5.74, 6) is -1.95. The van der Waals surface area contributed by atoms with E-state index in [1.54, 1.807) is 0 Å². The van der Waals surface area contributed by atoms with Crippen molar-refractivity contribution in [2.24, 2.45) is 5.73 Å². The van der Waals surface area contributed by atoms with Gasteiger partial charge in [-0.05, 0) is 25.0 Å². The van der Waals surface area contributed by atoms with E-state index in [0.717, 1.165) is 23.5 Å². The number of rotatable bonds is 4. The van der Waals surface area contributed by atoms with Crippen molar-refractivity contribution in [2.45, 2.75) is 43.2 Å². The third-order valence-corrected chi connectivity index (χ3v) is 6.23. The number of nitrogens with zero attached hydrogens (tertiary/aromatic N) is 1. The number of hydrazine groups is 1. The summed E-state index contributed by atoms with van der Waals surface area (Å²) in [5.41, 5.74) is 11.6. The maximum atomic E-state index is 14.0. The van der Waals surface area contributed by atoms with E-state index in [1.807, 2.05) is 0 Å². The first-order chi connectivity index (χ1) is 14.4. The molecule has 30 heavy (non-hydrogen) atoms. The Morgan fingerprint density at radius 2 is 2.07 bits per heavy atom. The summed E-state index contributed by atoms with van der Waals surface area (Å²) in [6.07, 6.45) is -0.505. The van der Waals surface area contributed by atoms with Crippen LogP contribution in [0.4, 0.5) is 13.2 Å². The second-order valence-electron chi connectivity index (χ2n) is 7.39. The summed E-state index contributed by atoms with van der Waals surface area (Å²) in [7, 11) is 0. The Balaban J connectivity index is 1.44. The van der Waals surface area contributed by atoms with Crippen molar-refractivity contribution in [2.75, 3.05) is 13.2 Å². The Morgan fingerprint density at radius 3 is 2.83 bits per heavy atom. The second kappa shape index (κ2) is 8.98. The normalized spacial score (nSPS) is 29.5. The van der Waals surface area contributed by atoms with Gasteiger partial charge in [0.2, 0.25) is 0 Å². The summed E-state index contributed by atoms with van der Waals surface area (Å²) in [5, 5.41) is 4.41. The number of benzene rings is 1. The zero-order valence-electron chi connectivity index (χ0n) is 15.9. The van der Waals surface area contributed by atoms with Crippen molar-refractivity contribution in [1.82, 2.24) is 21.2 Å². The molecule has 11 heteroatoms. The molecule has 2 aliphatic heterocycles. The minimum absolute atomic E-state index is 0.0657. The number of hydrogen-bond donors (Lipinski definition) is 4. The Kier molecular flexibility index (Phi) is 6.34. The Morgan fingerprint density at radius 1 is 1.30 bits per heavy atom. The van der Waals surface area contributed by atoms with E-state index >= 15 is 0 Å². The lowest BCUT2D eigenvalue weighted by molar-refractivity contribution is 0.00621. The van der Waals surface area contributed by atoms with Gasteiger partial charge in [-0.3, -0.25) is 10.2 Å². The fourth-order valence-electron chi connectivity index (χ4n) is 3.69. The zero-order valence-corrected chi connectivity index (χ0v) is 16.7. The van der Waals surface area contributed by atoms with Crippen molar-refractivity contribution >= 4 is 17.2 Å². The number of nitrogens with one attached hydrogen (secondary N) is 3. The van der Waals surface area contributed by atoms with Gasteiger partial charge in [0.25, 0.3) is 5.91 Å². The van der Waals surface area contributed by atoms with Crippen LogP contribution in [0.2, 0.25) is 0 Å². The summed E-state index contributed by atoms with van der Waals surface area (Å²) in [6, 6.07) is 2.35. The van der Waals surface area contributed by atoms with Crippen LogP contribution < -0.4 is 21.9 Å². The molecule has 0 spiro atoms. The van der Waals surface area contributed by atoms with Crippen molar-refractivity contribution in [3.05, 3.63) is 40.9 Å². The van der Waals surface area contributed by atoms with Gasteiger partial charge in [0.05, 0.1) is 30.4 Å². The first-order valence-electron chi connectivity index (χ1n) is 9.64. The standard InChI is InChI=1S/C19H22F3N5O2S/c20-9-2-1-3-10(21)16(9)19-26-14(8-30-19)18(28)25-13-6-24-27-17(13)15-5-4-12(23)11(22)7-29-15/h1-3,8,11-13,15,17,24,27H,4-7,23H2,(H,25,28)/t11-,12-,13?,15+,17?/m0/s1. The highest BCUT2D eigenvalue weighted by Crippen LogP contribution is 2.29. The molecule has 2 aromatic rings. The Labute approximate surface area is 175 Å². The van der Waals surface area contributed by atoms with Gasteiger partial charge in [-0.25, -0.2) is 23.6 Å². The SMILES string of the molecule is N[C@H]1CC[C@H](C2NNCC2NC(=O)c2csc(-c3c(F)cccc3F)n2)OC[C@@H]1F. The first-order valence-corrected chi connectivity index (χ1v) is 10.5. The van der Waals surface area contributed by atoms with E-state index in [0.29, 0.717) is 19.4 Å². The molecule has 1 aromatic carbocycles. The fraction of sp³-hybridized carbons (Fsp3) is 0.474. The molecule has 4 rings (SSSR count). The molecule has 2 saturated heterocycles. The van der Waals surface area contributed by atoms with Gasteiger partial charge < -0.3 is 15.8 Å². The van der Waals surface area contributed by atoms with Crippen LogP contribution in [0.3, 0.4) is 0 Å². The van der Waals surface area contributed by atoms with E-state index in [2.05, 4.69) is 21.2 Å². The lowest BCUT2D eigenvalue weighted by atomic mass is 9.98. The van der Waals surface area contributed by atoms with E-state index in [4.69, 9.17) is 10.5 Å². The van der Waals surface area contributed by atoms with Crippen LogP contribution in [0.25, 0.3) is 10.6 Å². The van der Waals surface area contributed by atoms with Crippen LogP contribution in [0, 0.1) is 11.6 Å². The first kappa shape index (κ1) is 21.2. The summed E-state index contributed by atoms with van der Waals surface area (Å²) < 4.78 is 47.4. The molecule has 0 aliphatic carbocycles. The molecule has 7 nitrogen and oxygen atoms in total. The quantitative estimate of drug-likeness (QED) is 0.574. The van der Waals surface area contributed by atoms with Crippen molar-refractivity contribution < 1.29 is 22.7 Å². The molecular weight excluding hydrogens is 419 g/mol.